The van der Waals surface area contributed by atoms with Gasteiger partial charge in [-0.3, -0.25) is 19.3 Å². The summed E-state index contributed by atoms with van der Waals surface area (Å²) >= 11 is 0. The van der Waals surface area contributed by atoms with E-state index in [0.29, 0.717) is 42.5 Å². The fourth-order valence-electron chi connectivity index (χ4n) is 5.63. The highest BCUT2D eigenvalue weighted by Crippen LogP contribution is 2.36. The number of aliphatic carboxylic acids is 1. The second-order valence-corrected chi connectivity index (χ2v) is 10.0. The second-order valence-electron chi connectivity index (χ2n) is 10.0. The predicted molar refractivity (Wildman–Crippen MR) is 137 cm³/mol. The highest BCUT2D eigenvalue weighted by molar-refractivity contribution is 6.21. The van der Waals surface area contributed by atoms with Gasteiger partial charge in [0.2, 0.25) is 0 Å². The molecule has 5 rings (SSSR count). The number of amides is 2. The van der Waals surface area contributed by atoms with E-state index in [1.165, 1.54) is 10.5 Å². The Labute approximate surface area is 214 Å². The topological polar surface area (TPSA) is 117 Å². The van der Waals surface area contributed by atoms with Gasteiger partial charge in [0.25, 0.3) is 11.8 Å². The predicted octanol–water partition coefficient (Wildman–Crippen LogP) is 6.07. The van der Waals surface area contributed by atoms with E-state index in [1.54, 1.807) is 24.3 Å². The third-order valence-electron chi connectivity index (χ3n) is 7.66. The Hall–Kier alpha value is -3.81. The zero-order valence-corrected chi connectivity index (χ0v) is 20.7. The lowest BCUT2D eigenvalue weighted by Crippen LogP contribution is -2.30. The number of imide groups is 1. The highest BCUT2D eigenvalue weighted by Gasteiger charge is 2.34. The Kier molecular flexibility index (Phi) is 7.17. The minimum absolute atomic E-state index is 0.139. The van der Waals surface area contributed by atoms with Crippen LogP contribution in [0.2, 0.25) is 0 Å². The maximum atomic E-state index is 12.4. The van der Waals surface area contributed by atoms with Crippen molar-refractivity contribution < 1.29 is 23.9 Å². The number of benzene rings is 2. The molecule has 3 aromatic rings. The van der Waals surface area contributed by atoms with Crippen molar-refractivity contribution in [1.29, 1.82) is 0 Å². The van der Waals surface area contributed by atoms with E-state index in [1.807, 2.05) is 18.2 Å². The first-order valence-electron chi connectivity index (χ1n) is 13.0. The molecule has 1 aromatic heterocycles. The number of nitrogens with zero attached hydrogens (tertiary/aromatic N) is 2. The third kappa shape index (κ3) is 4.92. The van der Waals surface area contributed by atoms with Crippen molar-refractivity contribution in [3.8, 4) is 0 Å². The molecule has 2 aromatic carbocycles. The molecule has 1 aliphatic heterocycles. The molecule has 2 atom stereocenters. The number of carbonyl (C=O) groups is 3. The van der Waals surface area contributed by atoms with Crippen LogP contribution in [0.15, 0.2) is 52.1 Å². The summed E-state index contributed by atoms with van der Waals surface area (Å²) in [6, 6.07) is 11.7. The van der Waals surface area contributed by atoms with Crippen LogP contribution in [-0.2, 0) is 17.6 Å². The van der Waals surface area contributed by atoms with E-state index >= 15 is 0 Å². The lowest BCUT2D eigenvalue weighted by Gasteiger charge is -2.17. The zero-order chi connectivity index (χ0) is 25.9. The van der Waals surface area contributed by atoms with Crippen LogP contribution in [-0.4, -0.2) is 34.3 Å². The van der Waals surface area contributed by atoms with Gasteiger partial charge >= 0.3 is 5.97 Å². The van der Waals surface area contributed by atoms with Crippen molar-refractivity contribution in [3.05, 3.63) is 75.4 Å². The van der Waals surface area contributed by atoms with Crippen LogP contribution in [0.25, 0.3) is 11.0 Å². The van der Waals surface area contributed by atoms with Crippen molar-refractivity contribution in [1.82, 2.24) is 4.90 Å². The summed E-state index contributed by atoms with van der Waals surface area (Å²) in [6.45, 7) is 0.352. The number of hydrogen-bond donors (Lipinski definition) is 1. The molecule has 2 unspecified atom stereocenters. The van der Waals surface area contributed by atoms with Gasteiger partial charge in [-0.25, -0.2) is 0 Å². The number of hydrogen-bond acceptors (Lipinski definition) is 6. The molecule has 0 saturated heterocycles. The van der Waals surface area contributed by atoms with Gasteiger partial charge in [-0.05, 0) is 55.9 Å². The van der Waals surface area contributed by atoms with Crippen molar-refractivity contribution in [3.63, 3.8) is 0 Å². The van der Waals surface area contributed by atoms with Gasteiger partial charge in [0.15, 0.2) is 0 Å². The summed E-state index contributed by atoms with van der Waals surface area (Å²) in [4.78, 5) is 49.8. The summed E-state index contributed by atoms with van der Waals surface area (Å²) in [5.41, 5.74) is 3.56. The number of furan rings is 1. The van der Waals surface area contributed by atoms with Gasteiger partial charge in [0, 0.05) is 23.9 Å². The molecular weight excluding hydrogens is 472 g/mol. The van der Waals surface area contributed by atoms with E-state index in [2.05, 4.69) is 5.18 Å². The number of unbranched alkanes of at least 4 members (excludes halogenated alkanes) is 3. The number of carboxylic acids is 1. The van der Waals surface area contributed by atoms with E-state index in [4.69, 9.17) is 4.42 Å². The van der Waals surface area contributed by atoms with Gasteiger partial charge < -0.3 is 9.52 Å². The number of carboxylic acid groups (broad SMARTS) is 1. The Bertz CT molecular complexity index is 1320. The van der Waals surface area contributed by atoms with Gasteiger partial charge in [0.1, 0.15) is 17.4 Å². The minimum Gasteiger partial charge on any atom is -0.481 e. The first kappa shape index (κ1) is 24.9. The molecule has 0 radical (unpaired) electrons. The maximum Gasteiger partial charge on any atom is 0.306 e. The molecule has 2 heterocycles. The average molecular weight is 503 g/mol. The number of aryl methyl sites for hydroxylation is 2. The van der Waals surface area contributed by atoms with Gasteiger partial charge in [-0.1, -0.05) is 48.7 Å². The molecule has 0 spiro atoms. The van der Waals surface area contributed by atoms with E-state index in [0.717, 1.165) is 48.8 Å². The molecule has 0 fully saturated rings. The van der Waals surface area contributed by atoms with Gasteiger partial charge in [0.05, 0.1) is 17.0 Å². The van der Waals surface area contributed by atoms with Crippen LogP contribution in [0.5, 0.6) is 0 Å². The smallest absolute Gasteiger partial charge is 0.306 e. The monoisotopic (exact) mass is 502 g/mol. The molecule has 192 valence electrons. The van der Waals surface area contributed by atoms with Crippen LogP contribution in [0.3, 0.4) is 0 Å². The number of rotatable bonds is 12. The molecule has 8 nitrogen and oxygen atoms in total. The molecule has 0 bridgehead atoms. The first-order valence-corrected chi connectivity index (χ1v) is 13.0. The highest BCUT2D eigenvalue weighted by atomic mass is 16.4. The number of carbonyl (C=O) groups excluding carboxylic acids is 2. The van der Waals surface area contributed by atoms with Gasteiger partial charge in [-0.2, -0.15) is 4.91 Å². The summed E-state index contributed by atoms with van der Waals surface area (Å²) < 4.78 is 5.96. The largest absolute Gasteiger partial charge is 0.481 e. The van der Waals surface area contributed by atoms with Crippen molar-refractivity contribution in [2.24, 2.45) is 11.1 Å². The molecule has 8 heteroatoms. The molecule has 0 saturated carbocycles. The molecule has 2 amide bonds. The summed E-state index contributed by atoms with van der Waals surface area (Å²) in [5.74, 6) is -1.12. The molecule has 1 aliphatic carbocycles. The van der Waals surface area contributed by atoms with E-state index < -0.39 is 17.9 Å². The quantitative estimate of drug-likeness (QED) is 0.183. The fraction of sp³-hybridized carbons (Fsp3) is 0.414. The Morgan fingerprint density at radius 3 is 2.43 bits per heavy atom. The SMILES string of the molecule is O=NC(CC(CCCCCCN1C(=O)c2ccccc2C1=O)C(=O)O)c1ccc2c3c(oc2c1)CCC3. The number of fused-ring (bicyclic) bond motifs is 4. The van der Waals surface area contributed by atoms with Crippen molar-refractivity contribution in [2.45, 2.75) is 63.8 Å². The Balaban J connectivity index is 1.10. The Morgan fingerprint density at radius 1 is 1.00 bits per heavy atom. The first-order chi connectivity index (χ1) is 18.0. The lowest BCUT2D eigenvalue weighted by atomic mass is 9.90. The third-order valence-corrected chi connectivity index (χ3v) is 7.66. The summed E-state index contributed by atoms with van der Waals surface area (Å²) in [6.07, 6.45) is 6.47. The van der Waals surface area contributed by atoms with E-state index in [9.17, 15) is 24.4 Å². The number of nitroso groups, excluding NO2 is 1. The fourth-order valence-corrected chi connectivity index (χ4v) is 5.63. The van der Waals surface area contributed by atoms with Crippen molar-refractivity contribution in [2.75, 3.05) is 6.54 Å². The molecule has 2 aliphatic rings. The lowest BCUT2D eigenvalue weighted by molar-refractivity contribution is -0.142. The van der Waals surface area contributed by atoms with Crippen LogP contribution in [0, 0.1) is 10.8 Å². The maximum absolute atomic E-state index is 12.4. The van der Waals surface area contributed by atoms with Crippen LogP contribution in [0.1, 0.15) is 88.6 Å². The molecule has 37 heavy (non-hydrogen) atoms. The van der Waals surface area contributed by atoms with Gasteiger partial charge in [-0.15, -0.1) is 0 Å². The second kappa shape index (κ2) is 10.7. The average Bonchev–Trinajstić information content (AvgIpc) is 3.56. The van der Waals surface area contributed by atoms with Crippen LogP contribution in [0.4, 0.5) is 0 Å². The zero-order valence-electron chi connectivity index (χ0n) is 20.7. The summed E-state index contributed by atoms with van der Waals surface area (Å²) in [7, 11) is 0. The van der Waals surface area contributed by atoms with Crippen molar-refractivity contribution >= 4 is 28.8 Å². The molecule has 1 N–H and O–H groups in total. The van der Waals surface area contributed by atoms with Crippen LogP contribution < -0.4 is 0 Å². The Morgan fingerprint density at radius 2 is 1.73 bits per heavy atom. The summed E-state index contributed by atoms with van der Waals surface area (Å²) in [5, 5.41) is 14.1. The van der Waals surface area contributed by atoms with Crippen LogP contribution >= 0.6 is 0 Å². The standard InChI is InChI=1S/C29H30N2O6/c32-27-22-9-4-5-10-23(22)28(33)31(27)15-6-2-1-3-8-19(29(34)35)16-24(30-36)18-13-14-21-20-11-7-12-25(20)37-26(21)17-18/h4-5,9-10,13-14,17,19,24H,1-3,6-8,11-12,15-16H2,(H,34,35). The normalized spacial score (nSPS) is 16.2. The molecular formula is C29H30N2O6. The van der Waals surface area contributed by atoms with E-state index in [-0.39, 0.29) is 18.2 Å². The minimum atomic E-state index is -0.933.